The van der Waals surface area contributed by atoms with Gasteiger partial charge in [0.15, 0.2) is 0 Å². The van der Waals surface area contributed by atoms with E-state index in [0.717, 1.165) is 0 Å². The van der Waals surface area contributed by atoms with Crippen molar-refractivity contribution in [3.63, 3.8) is 0 Å². The Balaban J connectivity index is 2.25. The van der Waals surface area contributed by atoms with Crippen LogP contribution >= 0.6 is 0 Å². The topological polar surface area (TPSA) is 31.6 Å². The van der Waals surface area contributed by atoms with Crippen LogP contribution in [0, 0.1) is 13.8 Å². The van der Waals surface area contributed by atoms with Crippen molar-refractivity contribution >= 4 is 32.8 Å². The first-order valence-electron chi connectivity index (χ1n) is 6.23. The highest BCUT2D eigenvalue weighted by molar-refractivity contribution is 6.16. The summed E-state index contributed by atoms with van der Waals surface area (Å²) < 4.78 is 0. The minimum absolute atomic E-state index is 1.20. The quantitative estimate of drug-likeness (QED) is 0.451. The summed E-state index contributed by atoms with van der Waals surface area (Å²) in [6, 6.07) is 13.1. The van der Waals surface area contributed by atoms with Gasteiger partial charge in [-0.1, -0.05) is 23.8 Å². The number of hydrogen-bond donors (Lipinski definition) is 2. The van der Waals surface area contributed by atoms with Gasteiger partial charge in [-0.3, -0.25) is 0 Å². The number of benzene rings is 2. The largest absolute Gasteiger partial charge is 0.353 e. The van der Waals surface area contributed by atoms with Crippen molar-refractivity contribution in [2.45, 2.75) is 13.8 Å². The monoisotopic (exact) mass is 234 g/mol. The van der Waals surface area contributed by atoms with E-state index in [4.69, 9.17) is 0 Å². The zero-order chi connectivity index (χ0) is 12.3. The van der Waals surface area contributed by atoms with E-state index in [-0.39, 0.29) is 0 Å². The highest BCUT2D eigenvalue weighted by atomic mass is 14.8. The fraction of sp³-hybridized carbons (Fsp3) is 0.125. The molecule has 88 valence electrons. The summed E-state index contributed by atoms with van der Waals surface area (Å²) in [4.78, 5) is 7.05. The van der Waals surface area contributed by atoms with Crippen molar-refractivity contribution in [2.75, 3.05) is 0 Å². The van der Waals surface area contributed by atoms with Gasteiger partial charge in [0.05, 0.1) is 11.0 Å². The fourth-order valence-electron chi connectivity index (χ4n) is 2.75. The third-order valence-corrected chi connectivity index (χ3v) is 3.66. The molecule has 2 nitrogen and oxygen atoms in total. The van der Waals surface area contributed by atoms with Gasteiger partial charge in [0.25, 0.3) is 0 Å². The predicted molar refractivity (Wildman–Crippen MR) is 77.1 cm³/mol. The lowest BCUT2D eigenvalue weighted by molar-refractivity contribution is 1.47. The number of aromatic nitrogens is 2. The summed E-state index contributed by atoms with van der Waals surface area (Å²) in [5.74, 6) is 0. The third-order valence-electron chi connectivity index (χ3n) is 3.66. The van der Waals surface area contributed by atoms with Crippen molar-refractivity contribution in [3.05, 3.63) is 47.5 Å². The molecule has 0 bridgehead atoms. The zero-order valence-corrected chi connectivity index (χ0v) is 10.5. The molecule has 0 aliphatic rings. The van der Waals surface area contributed by atoms with Crippen LogP contribution in [0.5, 0.6) is 0 Å². The van der Waals surface area contributed by atoms with Gasteiger partial charge in [0, 0.05) is 21.8 Å². The summed E-state index contributed by atoms with van der Waals surface area (Å²) in [6.07, 6.45) is 0. The summed E-state index contributed by atoms with van der Waals surface area (Å²) in [6.45, 7) is 4.25. The number of hydrogen-bond acceptors (Lipinski definition) is 0. The summed E-state index contributed by atoms with van der Waals surface area (Å²) >= 11 is 0. The maximum absolute atomic E-state index is 3.54. The molecule has 0 unspecified atom stereocenters. The molecule has 2 N–H and O–H groups in total. The maximum atomic E-state index is 3.54. The van der Waals surface area contributed by atoms with Crippen molar-refractivity contribution < 1.29 is 0 Å². The molecule has 0 saturated heterocycles. The van der Waals surface area contributed by atoms with Crippen molar-refractivity contribution in [1.82, 2.24) is 9.97 Å². The molecule has 0 saturated carbocycles. The van der Waals surface area contributed by atoms with E-state index >= 15 is 0 Å². The average molecular weight is 234 g/mol. The second kappa shape index (κ2) is 3.16. The smallest absolute Gasteiger partial charge is 0.0725 e. The summed E-state index contributed by atoms with van der Waals surface area (Å²) in [7, 11) is 0. The van der Waals surface area contributed by atoms with Crippen LogP contribution in [0.2, 0.25) is 0 Å². The van der Waals surface area contributed by atoms with Gasteiger partial charge in [0.2, 0.25) is 0 Å². The van der Waals surface area contributed by atoms with Crippen LogP contribution in [0.15, 0.2) is 36.4 Å². The first kappa shape index (κ1) is 9.77. The third kappa shape index (κ3) is 1.17. The minimum Gasteiger partial charge on any atom is -0.353 e. The second-order valence-electron chi connectivity index (χ2n) is 5.10. The van der Waals surface area contributed by atoms with E-state index < -0.39 is 0 Å². The Morgan fingerprint density at radius 2 is 1.33 bits per heavy atom. The SMILES string of the molecule is Cc1ccc2c(c1)[nH]c1c3cc(C)ccc3[nH]c21. The van der Waals surface area contributed by atoms with Crippen LogP contribution in [-0.4, -0.2) is 9.97 Å². The lowest BCUT2D eigenvalue weighted by Gasteiger charge is -1.94. The van der Waals surface area contributed by atoms with Crippen LogP contribution in [0.3, 0.4) is 0 Å². The summed E-state index contributed by atoms with van der Waals surface area (Å²) in [5.41, 5.74) is 7.41. The van der Waals surface area contributed by atoms with Crippen LogP contribution in [-0.2, 0) is 0 Å². The van der Waals surface area contributed by atoms with E-state index in [1.807, 2.05) is 0 Å². The molecule has 0 spiro atoms. The van der Waals surface area contributed by atoms with Crippen LogP contribution in [0.4, 0.5) is 0 Å². The second-order valence-corrected chi connectivity index (χ2v) is 5.10. The number of aromatic amines is 2. The lowest BCUT2D eigenvalue weighted by Crippen LogP contribution is -1.75. The highest BCUT2D eigenvalue weighted by Crippen LogP contribution is 2.31. The van der Waals surface area contributed by atoms with Crippen molar-refractivity contribution in [2.24, 2.45) is 0 Å². The van der Waals surface area contributed by atoms with Crippen molar-refractivity contribution in [1.29, 1.82) is 0 Å². The Morgan fingerprint density at radius 3 is 2.22 bits per heavy atom. The molecule has 0 amide bonds. The Morgan fingerprint density at radius 1 is 0.667 bits per heavy atom. The zero-order valence-electron chi connectivity index (χ0n) is 10.5. The normalized spacial score (nSPS) is 11.9. The number of H-pyrrole nitrogens is 2. The van der Waals surface area contributed by atoms with Gasteiger partial charge in [-0.2, -0.15) is 0 Å². The Hall–Kier alpha value is -2.22. The molecule has 2 aromatic carbocycles. The van der Waals surface area contributed by atoms with Gasteiger partial charge in [-0.15, -0.1) is 0 Å². The van der Waals surface area contributed by atoms with Gasteiger partial charge >= 0.3 is 0 Å². The van der Waals surface area contributed by atoms with Crippen LogP contribution < -0.4 is 0 Å². The van der Waals surface area contributed by atoms with Gasteiger partial charge in [-0.25, -0.2) is 0 Å². The molecule has 0 fully saturated rings. The standard InChI is InChI=1S/C16H14N2/c1-9-4-6-13-12(7-9)16-15(17-13)11-5-3-10(2)8-14(11)18-16/h3-8,17-18H,1-2H3. The summed E-state index contributed by atoms with van der Waals surface area (Å²) in [5, 5.41) is 2.54. The van der Waals surface area contributed by atoms with E-state index in [0.29, 0.717) is 0 Å². The van der Waals surface area contributed by atoms with Gasteiger partial charge in [0.1, 0.15) is 0 Å². The molecule has 0 aliphatic heterocycles. The lowest BCUT2D eigenvalue weighted by atomic mass is 10.1. The molecular weight excluding hydrogens is 220 g/mol. The van der Waals surface area contributed by atoms with E-state index in [1.54, 1.807) is 0 Å². The average Bonchev–Trinajstić information content (AvgIpc) is 2.84. The predicted octanol–water partition coefficient (Wildman–Crippen LogP) is 4.42. The van der Waals surface area contributed by atoms with Crippen LogP contribution in [0.25, 0.3) is 32.8 Å². The van der Waals surface area contributed by atoms with E-state index in [9.17, 15) is 0 Å². The first-order chi connectivity index (χ1) is 8.72. The molecule has 2 aromatic heterocycles. The van der Waals surface area contributed by atoms with Gasteiger partial charge < -0.3 is 9.97 Å². The fourth-order valence-corrected chi connectivity index (χ4v) is 2.75. The molecule has 4 rings (SSSR count). The highest BCUT2D eigenvalue weighted by Gasteiger charge is 2.10. The maximum Gasteiger partial charge on any atom is 0.0725 e. The molecule has 0 radical (unpaired) electrons. The molecular formula is C16H14N2. The first-order valence-corrected chi connectivity index (χ1v) is 6.23. The Labute approximate surface area is 105 Å². The van der Waals surface area contributed by atoms with Gasteiger partial charge in [-0.05, 0) is 37.6 Å². The number of aryl methyl sites for hydroxylation is 2. The number of nitrogens with one attached hydrogen (secondary N) is 2. The number of rotatable bonds is 0. The Kier molecular flexibility index (Phi) is 1.72. The molecule has 0 aliphatic carbocycles. The van der Waals surface area contributed by atoms with E-state index in [2.05, 4.69) is 60.2 Å². The molecule has 0 atom stereocenters. The molecule has 18 heavy (non-hydrogen) atoms. The van der Waals surface area contributed by atoms with Crippen molar-refractivity contribution in [3.8, 4) is 0 Å². The number of fused-ring (bicyclic) bond motifs is 5. The van der Waals surface area contributed by atoms with E-state index in [1.165, 1.54) is 44.0 Å². The Bertz CT molecular complexity index is 894. The molecule has 2 heterocycles. The minimum atomic E-state index is 1.20. The molecule has 4 aromatic rings. The van der Waals surface area contributed by atoms with Crippen LogP contribution in [0.1, 0.15) is 11.1 Å². The molecule has 2 heteroatoms.